The highest BCUT2D eigenvalue weighted by molar-refractivity contribution is 14.1. The second kappa shape index (κ2) is 23.0. The van der Waals surface area contributed by atoms with Crippen molar-refractivity contribution in [1.82, 2.24) is 0 Å². The van der Waals surface area contributed by atoms with Crippen LogP contribution in [0.2, 0.25) is 10.0 Å². The first kappa shape index (κ1) is 43.5. The first-order valence-electron chi connectivity index (χ1n) is 16.8. The van der Waals surface area contributed by atoms with Crippen LogP contribution in [-0.4, -0.2) is 27.0 Å². The molecule has 0 radical (unpaired) electrons. The predicted molar refractivity (Wildman–Crippen MR) is 258 cm³/mol. The third kappa shape index (κ3) is 12.4. The molecular formula is C46H38BBrCl2I2O2. The number of benzene rings is 8. The van der Waals surface area contributed by atoms with E-state index in [0.29, 0.717) is 10.5 Å². The summed E-state index contributed by atoms with van der Waals surface area (Å²) in [6, 6.07) is 61.2. The molecule has 0 aliphatic rings. The second-order valence-electron chi connectivity index (χ2n) is 11.6. The van der Waals surface area contributed by atoms with Crippen molar-refractivity contribution in [3.63, 3.8) is 0 Å². The standard InChI is InChI=1S/C22H15Cl.C16H11Br.C6H6BClO2.2CH3I/c23-20-12-10-17(11-13-20)22-15-19-9-5-4-8-18(19)14-21(22)16-6-2-1-3-7-16;17-16-11-14-9-5-4-8-13(14)10-15(16)12-6-2-1-3-7-12;8-6-3-1-5(2-4-6)7(9)10;2*1-2/h1-15H;1-11H;1-4,9-10H;2*1H3. The van der Waals surface area contributed by atoms with Crippen LogP contribution >= 0.6 is 84.3 Å². The summed E-state index contributed by atoms with van der Waals surface area (Å²) in [4.78, 5) is 3.94. The molecule has 8 heteroatoms. The fourth-order valence-corrected chi connectivity index (χ4v) is 6.49. The molecule has 0 fully saturated rings. The Morgan fingerprint density at radius 2 is 0.722 bits per heavy atom. The van der Waals surface area contributed by atoms with Crippen molar-refractivity contribution in [3.05, 3.63) is 197 Å². The summed E-state index contributed by atoms with van der Waals surface area (Å²) in [5, 5.41) is 23.6. The van der Waals surface area contributed by atoms with E-state index in [4.69, 9.17) is 33.2 Å². The van der Waals surface area contributed by atoms with Gasteiger partial charge < -0.3 is 10.0 Å². The highest BCUT2D eigenvalue weighted by Gasteiger charge is 2.10. The Morgan fingerprint density at radius 3 is 1.13 bits per heavy atom. The molecule has 0 aliphatic heterocycles. The Morgan fingerprint density at radius 1 is 0.407 bits per heavy atom. The van der Waals surface area contributed by atoms with Crippen LogP contribution in [0.5, 0.6) is 0 Å². The Balaban J connectivity index is 0.000000184. The van der Waals surface area contributed by atoms with Gasteiger partial charge in [-0.25, -0.2) is 0 Å². The zero-order valence-electron chi connectivity index (χ0n) is 29.7. The summed E-state index contributed by atoms with van der Waals surface area (Å²) in [6.07, 6.45) is 0. The highest BCUT2D eigenvalue weighted by Crippen LogP contribution is 2.36. The van der Waals surface area contributed by atoms with Crippen molar-refractivity contribution < 1.29 is 10.0 Å². The summed E-state index contributed by atoms with van der Waals surface area (Å²) < 4.78 is 1.14. The summed E-state index contributed by atoms with van der Waals surface area (Å²) in [5.74, 6) is 0. The number of rotatable bonds is 4. The smallest absolute Gasteiger partial charge is 0.423 e. The third-order valence-corrected chi connectivity index (χ3v) is 9.37. The Bertz CT molecular complexity index is 2330. The molecule has 0 amide bonds. The monoisotopic (exact) mass is 1040 g/mol. The topological polar surface area (TPSA) is 40.5 Å². The number of alkyl halides is 2. The molecule has 8 aromatic carbocycles. The van der Waals surface area contributed by atoms with Crippen LogP contribution in [0.4, 0.5) is 0 Å². The van der Waals surface area contributed by atoms with Crippen molar-refractivity contribution in [2.45, 2.75) is 0 Å². The van der Waals surface area contributed by atoms with Gasteiger partial charge in [0, 0.05) is 14.5 Å². The molecule has 54 heavy (non-hydrogen) atoms. The van der Waals surface area contributed by atoms with Crippen LogP contribution in [-0.2, 0) is 0 Å². The van der Waals surface area contributed by atoms with Crippen molar-refractivity contribution in [2.75, 3.05) is 9.86 Å². The highest BCUT2D eigenvalue weighted by atomic mass is 127. The van der Waals surface area contributed by atoms with Crippen LogP contribution in [0.3, 0.4) is 0 Å². The lowest BCUT2D eigenvalue weighted by molar-refractivity contribution is 0.426. The Kier molecular flexibility index (Phi) is 18.5. The van der Waals surface area contributed by atoms with Crippen LogP contribution in [0.15, 0.2) is 186 Å². The van der Waals surface area contributed by atoms with Gasteiger partial charge in [-0.1, -0.05) is 218 Å². The van der Waals surface area contributed by atoms with Crippen LogP contribution in [0, 0.1) is 0 Å². The molecule has 8 aromatic rings. The average molecular weight is 1040 g/mol. The van der Waals surface area contributed by atoms with Gasteiger partial charge in [0.1, 0.15) is 0 Å². The summed E-state index contributed by atoms with van der Waals surface area (Å²) in [5.41, 5.74) is 7.80. The molecule has 0 aliphatic carbocycles. The van der Waals surface area contributed by atoms with Crippen LogP contribution < -0.4 is 5.46 Å². The summed E-state index contributed by atoms with van der Waals surface area (Å²) in [6.45, 7) is 0. The molecule has 8 rings (SSSR count). The molecule has 272 valence electrons. The number of hydrogen-bond acceptors (Lipinski definition) is 2. The summed E-state index contributed by atoms with van der Waals surface area (Å²) in [7, 11) is -1.41. The van der Waals surface area contributed by atoms with Crippen molar-refractivity contribution in [2.24, 2.45) is 0 Å². The van der Waals surface area contributed by atoms with Gasteiger partial charge >= 0.3 is 7.12 Å². The molecule has 0 spiro atoms. The van der Waals surface area contributed by atoms with E-state index < -0.39 is 7.12 Å². The third-order valence-electron chi connectivity index (χ3n) is 8.21. The molecule has 0 atom stereocenters. The minimum Gasteiger partial charge on any atom is -0.423 e. The lowest BCUT2D eigenvalue weighted by Crippen LogP contribution is -2.29. The van der Waals surface area contributed by atoms with E-state index in [1.54, 1.807) is 24.3 Å². The molecule has 0 aromatic heterocycles. The van der Waals surface area contributed by atoms with E-state index >= 15 is 0 Å². The van der Waals surface area contributed by atoms with Crippen molar-refractivity contribution in [3.8, 4) is 33.4 Å². The number of fused-ring (bicyclic) bond motifs is 2. The van der Waals surface area contributed by atoms with E-state index in [9.17, 15) is 0 Å². The van der Waals surface area contributed by atoms with Crippen LogP contribution in [0.25, 0.3) is 54.9 Å². The van der Waals surface area contributed by atoms with Crippen LogP contribution in [0.1, 0.15) is 0 Å². The van der Waals surface area contributed by atoms with E-state index in [1.807, 2.05) is 34.1 Å². The van der Waals surface area contributed by atoms with Gasteiger partial charge in [-0.05, 0) is 119 Å². The Hall–Kier alpha value is -3.22. The van der Waals surface area contributed by atoms with Gasteiger partial charge in [0.05, 0.1) is 0 Å². The normalized spacial score (nSPS) is 9.94. The van der Waals surface area contributed by atoms with Gasteiger partial charge in [-0.3, -0.25) is 0 Å². The molecular weight excluding hydrogens is 1000 g/mol. The average Bonchev–Trinajstić information content (AvgIpc) is 3.23. The van der Waals surface area contributed by atoms with E-state index in [0.717, 1.165) is 9.50 Å². The van der Waals surface area contributed by atoms with Gasteiger partial charge in [0.15, 0.2) is 0 Å². The molecule has 0 unspecified atom stereocenters. The minimum absolute atomic E-state index is 0.449. The molecule has 0 saturated heterocycles. The molecule has 2 nitrogen and oxygen atoms in total. The molecule has 0 heterocycles. The fourth-order valence-electron chi connectivity index (χ4n) is 5.65. The predicted octanol–water partition coefficient (Wildman–Crippen LogP) is 14.2. The quantitative estimate of drug-likeness (QED) is 0.105. The minimum atomic E-state index is -1.41. The first-order valence-corrected chi connectivity index (χ1v) is 22.7. The maximum Gasteiger partial charge on any atom is 0.488 e. The van der Waals surface area contributed by atoms with E-state index in [2.05, 4.69) is 195 Å². The van der Waals surface area contributed by atoms with E-state index in [-0.39, 0.29) is 0 Å². The lowest BCUT2D eigenvalue weighted by atomic mass is 9.81. The first-order chi connectivity index (χ1) is 26.4. The van der Waals surface area contributed by atoms with Gasteiger partial charge in [-0.2, -0.15) is 0 Å². The zero-order valence-corrected chi connectivity index (χ0v) is 37.1. The molecule has 0 bridgehead atoms. The van der Waals surface area contributed by atoms with Crippen molar-refractivity contribution >= 4 is 118 Å². The van der Waals surface area contributed by atoms with Gasteiger partial charge in [-0.15, -0.1) is 0 Å². The molecule has 2 N–H and O–H groups in total. The maximum absolute atomic E-state index is 8.63. The number of hydrogen-bond donors (Lipinski definition) is 2. The van der Waals surface area contributed by atoms with Crippen molar-refractivity contribution in [1.29, 1.82) is 0 Å². The Labute approximate surface area is 364 Å². The molecule has 0 saturated carbocycles. The van der Waals surface area contributed by atoms with Gasteiger partial charge in [0.2, 0.25) is 0 Å². The largest absolute Gasteiger partial charge is 0.488 e. The zero-order chi connectivity index (χ0) is 38.9. The fraction of sp³-hybridized carbons (Fsp3) is 0.0435. The summed E-state index contributed by atoms with van der Waals surface area (Å²) >= 11 is 19.6. The van der Waals surface area contributed by atoms with Gasteiger partial charge in [0.25, 0.3) is 0 Å². The second-order valence-corrected chi connectivity index (χ2v) is 13.3. The lowest BCUT2D eigenvalue weighted by Gasteiger charge is -2.13. The van der Waals surface area contributed by atoms with E-state index in [1.165, 1.54) is 54.9 Å². The SMILES string of the molecule is Brc1cc2ccccc2cc1-c1ccccc1.CI.CI.Clc1ccc(-c2cc3ccccc3cc2-c2ccccc2)cc1.OB(O)c1ccc(Cl)cc1. The number of halogens is 5. The maximum atomic E-state index is 8.63.